The van der Waals surface area contributed by atoms with Crippen molar-refractivity contribution in [3.8, 4) is 0 Å². The van der Waals surface area contributed by atoms with Gasteiger partial charge >= 0.3 is 0 Å². The zero-order valence-corrected chi connectivity index (χ0v) is 11.1. The van der Waals surface area contributed by atoms with Gasteiger partial charge in [0, 0.05) is 11.5 Å². The van der Waals surface area contributed by atoms with Crippen LogP contribution in [0.25, 0.3) is 10.2 Å². The van der Waals surface area contributed by atoms with Gasteiger partial charge in [-0.1, -0.05) is 6.92 Å². The first kappa shape index (κ1) is 11.7. The van der Waals surface area contributed by atoms with Crippen molar-refractivity contribution in [2.45, 2.75) is 25.8 Å². The SMILES string of the molecule is CCc1cc2c(NC3CCOC3)nc(N)nc2s1. The fourth-order valence-corrected chi connectivity index (χ4v) is 3.09. The molecule has 2 aromatic heterocycles. The summed E-state index contributed by atoms with van der Waals surface area (Å²) < 4.78 is 5.36. The molecule has 2 aromatic rings. The number of fused-ring (bicyclic) bond motifs is 1. The van der Waals surface area contributed by atoms with Crippen LogP contribution in [0.15, 0.2) is 6.07 Å². The van der Waals surface area contributed by atoms with Crippen molar-refractivity contribution < 1.29 is 4.74 Å². The maximum absolute atomic E-state index is 5.76. The minimum atomic E-state index is 0.326. The normalized spacial score (nSPS) is 19.5. The van der Waals surface area contributed by atoms with Crippen LogP contribution in [0.5, 0.6) is 0 Å². The second-order valence-electron chi connectivity index (χ2n) is 4.42. The Kier molecular flexibility index (Phi) is 3.05. The summed E-state index contributed by atoms with van der Waals surface area (Å²) in [6.45, 7) is 3.68. The van der Waals surface area contributed by atoms with Gasteiger partial charge in [-0.15, -0.1) is 11.3 Å². The summed E-state index contributed by atoms with van der Waals surface area (Å²) in [5, 5.41) is 4.48. The standard InChI is InChI=1S/C12H16N4OS/c1-2-8-5-9-10(14-7-3-4-17-6-7)15-12(13)16-11(9)18-8/h5,7H,2-4,6H2,1H3,(H3,13,14,15,16). The molecule has 3 N–H and O–H groups in total. The molecule has 6 heteroatoms. The molecule has 0 aromatic carbocycles. The average Bonchev–Trinajstić information content (AvgIpc) is 2.97. The van der Waals surface area contributed by atoms with Gasteiger partial charge in [0.2, 0.25) is 5.95 Å². The number of hydrogen-bond acceptors (Lipinski definition) is 6. The number of hydrogen-bond donors (Lipinski definition) is 2. The van der Waals surface area contributed by atoms with Crippen molar-refractivity contribution in [1.82, 2.24) is 9.97 Å². The number of thiophene rings is 1. The summed E-state index contributed by atoms with van der Waals surface area (Å²) in [7, 11) is 0. The number of ether oxygens (including phenoxy) is 1. The van der Waals surface area contributed by atoms with Gasteiger partial charge in [0.25, 0.3) is 0 Å². The van der Waals surface area contributed by atoms with Crippen molar-refractivity contribution in [2.24, 2.45) is 0 Å². The molecule has 1 saturated heterocycles. The highest BCUT2D eigenvalue weighted by molar-refractivity contribution is 7.18. The molecule has 1 unspecified atom stereocenters. The van der Waals surface area contributed by atoms with Crippen molar-refractivity contribution in [1.29, 1.82) is 0 Å². The van der Waals surface area contributed by atoms with E-state index >= 15 is 0 Å². The van der Waals surface area contributed by atoms with Gasteiger partial charge in [0.05, 0.1) is 18.0 Å². The first-order valence-corrected chi connectivity index (χ1v) is 6.98. The summed E-state index contributed by atoms with van der Waals surface area (Å²) >= 11 is 1.68. The minimum Gasteiger partial charge on any atom is -0.379 e. The van der Waals surface area contributed by atoms with Gasteiger partial charge in [0.1, 0.15) is 10.6 Å². The summed E-state index contributed by atoms with van der Waals surface area (Å²) in [6.07, 6.45) is 2.02. The van der Waals surface area contributed by atoms with Crippen molar-refractivity contribution in [2.75, 3.05) is 24.3 Å². The van der Waals surface area contributed by atoms with Crippen LogP contribution in [0, 0.1) is 0 Å². The van der Waals surface area contributed by atoms with Crippen LogP contribution in [0.1, 0.15) is 18.2 Å². The minimum absolute atomic E-state index is 0.326. The number of aromatic nitrogens is 2. The van der Waals surface area contributed by atoms with Crippen molar-refractivity contribution in [3.05, 3.63) is 10.9 Å². The van der Waals surface area contributed by atoms with Gasteiger partial charge in [-0.3, -0.25) is 0 Å². The topological polar surface area (TPSA) is 73.1 Å². The molecule has 1 aliphatic heterocycles. The Morgan fingerprint density at radius 2 is 2.44 bits per heavy atom. The smallest absolute Gasteiger partial charge is 0.223 e. The van der Waals surface area contributed by atoms with E-state index in [9.17, 15) is 0 Å². The first-order chi connectivity index (χ1) is 8.76. The number of anilines is 2. The zero-order chi connectivity index (χ0) is 12.5. The Hall–Kier alpha value is -1.40. The number of rotatable bonds is 3. The van der Waals surface area contributed by atoms with E-state index in [4.69, 9.17) is 10.5 Å². The third-order valence-electron chi connectivity index (χ3n) is 3.08. The Balaban J connectivity index is 2.00. The van der Waals surface area contributed by atoms with Gasteiger partial charge in [0.15, 0.2) is 0 Å². The molecule has 1 atom stereocenters. The predicted octanol–water partition coefficient (Wildman–Crippen LogP) is 2.04. The average molecular weight is 264 g/mol. The Labute approximate surface area is 109 Å². The molecule has 0 saturated carbocycles. The molecule has 5 nitrogen and oxygen atoms in total. The lowest BCUT2D eigenvalue weighted by Gasteiger charge is -2.12. The Morgan fingerprint density at radius 1 is 1.56 bits per heavy atom. The fraction of sp³-hybridized carbons (Fsp3) is 0.500. The largest absolute Gasteiger partial charge is 0.379 e. The quantitative estimate of drug-likeness (QED) is 0.887. The molecular formula is C12H16N4OS. The van der Waals surface area contributed by atoms with Crippen molar-refractivity contribution >= 4 is 33.3 Å². The maximum atomic E-state index is 5.76. The Bertz CT molecular complexity index is 562. The Morgan fingerprint density at radius 3 is 3.17 bits per heavy atom. The van der Waals surface area contributed by atoms with Gasteiger partial charge in [-0.25, -0.2) is 4.98 Å². The molecule has 96 valence electrons. The second-order valence-corrected chi connectivity index (χ2v) is 5.54. The predicted molar refractivity (Wildman–Crippen MR) is 74.1 cm³/mol. The number of nitrogens with two attached hydrogens (primary N) is 1. The molecule has 3 heterocycles. The van der Waals surface area contributed by atoms with E-state index in [2.05, 4.69) is 28.3 Å². The first-order valence-electron chi connectivity index (χ1n) is 6.16. The van der Waals surface area contributed by atoms with E-state index in [-0.39, 0.29) is 0 Å². The monoisotopic (exact) mass is 264 g/mol. The summed E-state index contributed by atoms with van der Waals surface area (Å²) in [6, 6.07) is 2.48. The molecule has 0 bridgehead atoms. The van der Waals surface area contributed by atoms with Gasteiger partial charge < -0.3 is 15.8 Å². The molecule has 0 radical (unpaired) electrons. The van der Waals surface area contributed by atoms with Gasteiger partial charge in [-0.05, 0) is 18.9 Å². The molecular weight excluding hydrogens is 248 g/mol. The maximum Gasteiger partial charge on any atom is 0.223 e. The molecule has 18 heavy (non-hydrogen) atoms. The summed E-state index contributed by atoms with van der Waals surface area (Å²) in [5.74, 6) is 1.16. The number of nitrogens with zero attached hydrogens (tertiary/aromatic N) is 2. The molecule has 3 rings (SSSR count). The van der Waals surface area contributed by atoms with Crippen LogP contribution < -0.4 is 11.1 Å². The van der Waals surface area contributed by atoms with E-state index in [1.54, 1.807) is 11.3 Å². The van der Waals surface area contributed by atoms with Crippen LogP contribution in [-0.4, -0.2) is 29.2 Å². The number of nitrogens with one attached hydrogen (secondary N) is 1. The third-order valence-corrected chi connectivity index (χ3v) is 4.25. The lowest BCUT2D eigenvalue weighted by molar-refractivity contribution is 0.195. The van der Waals surface area contributed by atoms with E-state index in [1.165, 1.54) is 4.88 Å². The van der Waals surface area contributed by atoms with E-state index in [0.717, 1.165) is 42.1 Å². The molecule has 1 aliphatic rings. The van der Waals surface area contributed by atoms with Crippen molar-refractivity contribution in [3.63, 3.8) is 0 Å². The van der Waals surface area contributed by atoms with Crippen LogP contribution in [0.4, 0.5) is 11.8 Å². The lowest BCUT2D eigenvalue weighted by atomic mass is 10.2. The van der Waals surface area contributed by atoms with E-state index < -0.39 is 0 Å². The zero-order valence-electron chi connectivity index (χ0n) is 10.3. The van der Waals surface area contributed by atoms with E-state index in [1.807, 2.05) is 0 Å². The number of nitrogen functional groups attached to an aromatic ring is 1. The highest BCUT2D eigenvalue weighted by atomic mass is 32.1. The molecule has 1 fully saturated rings. The van der Waals surface area contributed by atoms with Crippen LogP contribution in [0.2, 0.25) is 0 Å². The fourth-order valence-electron chi connectivity index (χ4n) is 2.11. The highest BCUT2D eigenvalue weighted by Gasteiger charge is 2.18. The van der Waals surface area contributed by atoms with Crippen LogP contribution in [0.3, 0.4) is 0 Å². The second kappa shape index (κ2) is 4.70. The molecule has 0 spiro atoms. The van der Waals surface area contributed by atoms with Crippen LogP contribution in [-0.2, 0) is 11.2 Å². The third kappa shape index (κ3) is 2.13. The summed E-state index contributed by atoms with van der Waals surface area (Å²) in [4.78, 5) is 10.9. The summed E-state index contributed by atoms with van der Waals surface area (Å²) in [5.41, 5.74) is 5.76. The van der Waals surface area contributed by atoms with E-state index in [0.29, 0.717) is 12.0 Å². The highest BCUT2D eigenvalue weighted by Crippen LogP contribution is 2.30. The number of aryl methyl sites for hydroxylation is 1. The van der Waals surface area contributed by atoms with Crippen LogP contribution >= 0.6 is 11.3 Å². The molecule has 0 amide bonds. The lowest BCUT2D eigenvalue weighted by Crippen LogP contribution is -2.20. The van der Waals surface area contributed by atoms with Gasteiger partial charge in [-0.2, -0.15) is 4.98 Å². The molecule has 0 aliphatic carbocycles.